The van der Waals surface area contributed by atoms with Gasteiger partial charge in [0.2, 0.25) is 0 Å². The average Bonchev–Trinajstić information content (AvgIpc) is 2.36. The standard InChI is InChI=1S/C13H25N/c1-9(2)13(14)8-10-6-7-12(13,5)11(10,3)4/h9-10H,6-8,14H2,1-5H3/t10-,12+,13-/m1/s1. The third-order valence-corrected chi connectivity index (χ3v) is 6.08. The maximum Gasteiger partial charge on any atom is 0.0240 e. The first-order valence-electron chi connectivity index (χ1n) is 6.04. The zero-order valence-electron chi connectivity index (χ0n) is 10.4. The smallest absolute Gasteiger partial charge is 0.0240 e. The molecule has 2 fully saturated rings. The second-order valence-electron chi connectivity index (χ2n) is 6.69. The lowest BCUT2D eigenvalue weighted by atomic mass is 9.59. The predicted molar refractivity (Wildman–Crippen MR) is 61.0 cm³/mol. The summed E-state index contributed by atoms with van der Waals surface area (Å²) < 4.78 is 0. The molecule has 1 nitrogen and oxygen atoms in total. The quantitative estimate of drug-likeness (QED) is 0.683. The van der Waals surface area contributed by atoms with Gasteiger partial charge in [0.15, 0.2) is 0 Å². The molecule has 0 aromatic rings. The lowest BCUT2D eigenvalue weighted by Crippen LogP contribution is -2.57. The van der Waals surface area contributed by atoms with Gasteiger partial charge >= 0.3 is 0 Å². The Balaban J connectivity index is 2.45. The van der Waals surface area contributed by atoms with E-state index in [9.17, 15) is 0 Å². The zero-order chi connectivity index (χ0) is 10.8. The molecule has 0 aliphatic heterocycles. The summed E-state index contributed by atoms with van der Waals surface area (Å²) in [6, 6.07) is 0. The fourth-order valence-corrected chi connectivity index (χ4v) is 4.29. The Labute approximate surface area is 88.4 Å². The van der Waals surface area contributed by atoms with E-state index >= 15 is 0 Å². The van der Waals surface area contributed by atoms with Gasteiger partial charge in [-0.2, -0.15) is 0 Å². The highest BCUT2D eigenvalue weighted by Gasteiger charge is 2.67. The van der Waals surface area contributed by atoms with Crippen molar-refractivity contribution in [2.75, 3.05) is 0 Å². The average molecular weight is 195 g/mol. The molecule has 2 saturated carbocycles. The van der Waals surface area contributed by atoms with E-state index in [1.54, 1.807) is 0 Å². The molecule has 82 valence electrons. The van der Waals surface area contributed by atoms with Crippen molar-refractivity contribution in [2.24, 2.45) is 28.4 Å². The number of nitrogens with two attached hydrogens (primary N) is 1. The maximum atomic E-state index is 6.70. The molecule has 0 saturated heterocycles. The molecule has 0 unspecified atom stereocenters. The van der Waals surface area contributed by atoms with Crippen LogP contribution in [0.2, 0.25) is 0 Å². The number of hydrogen-bond donors (Lipinski definition) is 1. The summed E-state index contributed by atoms with van der Waals surface area (Å²) in [5, 5.41) is 0. The second kappa shape index (κ2) is 2.55. The summed E-state index contributed by atoms with van der Waals surface area (Å²) in [4.78, 5) is 0. The van der Waals surface area contributed by atoms with Gasteiger partial charge in [0, 0.05) is 5.54 Å². The first-order valence-corrected chi connectivity index (χ1v) is 6.04. The molecule has 2 rings (SSSR count). The summed E-state index contributed by atoms with van der Waals surface area (Å²) in [6.45, 7) is 11.9. The summed E-state index contributed by atoms with van der Waals surface area (Å²) in [7, 11) is 0. The van der Waals surface area contributed by atoms with Crippen molar-refractivity contribution >= 4 is 0 Å². The second-order valence-corrected chi connectivity index (χ2v) is 6.69. The largest absolute Gasteiger partial charge is 0.324 e. The molecule has 14 heavy (non-hydrogen) atoms. The molecule has 3 atom stereocenters. The number of fused-ring (bicyclic) bond motifs is 2. The molecule has 1 heteroatoms. The van der Waals surface area contributed by atoms with Crippen molar-refractivity contribution in [3.05, 3.63) is 0 Å². The Morgan fingerprint density at radius 3 is 2.00 bits per heavy atom. The monoisotopic (exact) mass is 195 g/mol. The molecule has 0 amide bonds. The molecule has 0 heterocycles. The van der Waals surface area contributed by atoms with Gasteiger partial charge in [0.1, 0.15) is 0 Å². The normalized spacial score (nSPS) is 50.4. The van der Waals surface area contributed by atoms with Gasteiger partial charge in [0.25, 0.3) is 0 Å². The van der Waals surface area contributed by atoms with Crippen LogP contribution in [-0.2, 0) is 0 Å². The Morgan fingerprint density at radius 2 is 1.79 bits per heavy atom. The highest BCUT2D eigenvalue weighted by Crippen LogP contribution is 2.70. The van der Waals surface area contributed by atoms with Crippen molar-refractivity contribution in [1.29, 1.82) is 0 Å². The zero-order valence-corrected chi connectivity index (χ0v) is 10.4. The van der Waals surface area contributed by atoms with E-state index in [0.717, 1.165) is 5.92 Å². The van der Waals surface area contributed by atoms with Crippen molar-refractivity contribution in [3.63, 3.8) is 0 Å². The lowest BCUT2D eigenvalue weighted by Gasteiger charge is -2.49. The van der Waals surface area contributed by atoms with E-state index in [2.05, 4.69) is 34.6 Å². The fourth-order valence-electron chi connectivity index (χ4n) is 4.29. The third-order valence-electron chi connectivity index (χ3n) is 6.08. The highest BCUT2D eigenvalue weighted by molar-refractivity contribution is 5.20. The Morgan fingerprint density at radius 1 is 1.21 bits per heavy atom. The van der Waals surface area contributed by atoms with Crippen molar-refractivity contribution in [2.45, 2.75) is 59.4 Å². The minimum absolute atomic E-state index is 0.0828. The highest BCUT2D eigenvalue weighted by atomic mass is 14.9. The molecule has 0 aromatic carbocycles. The predicted octanol–water partition coefficient (Wildman–Crippen LogP) is 3.19. The summed E-state index contributed by atoms with van der Waals surface area (Å²) in [5.41, 5.74) is 7.59. The van der Waals surface area contributed by atoms with E-state index in [1.165, 1.54) is 19.3 Å². The molecule has 2 aliphatic rings. The summed E-state index contributed by atoms with van der Waals surface area (Å²) >= 11 is 0. The van der Waals surface area contributed by atoms with Gasteiger partial charge in [-0.1, -0.05) is 34.6 Å². The van der Waals surface area contributed by atoms with Crippen molar-refractivity contribution < 1.29 is 0 Å². The minimum Gasteiger partial charge on any atom is -0.324 e. The van der Waals surface area contributed by atoms with Gasteiger partial charge in [-0.05, 0) is 41.9 Å². The Hall–Kier alpha value is -0.0400. The van der Waals surface area contributed by atoms with Crippen LogP contribution in [0.5, 0.6) is 0 Å². The molecule has 0 aromatic heterocycles. The molecule has 2 bridgehead atoms. The molecule has 0 spiro atoms. The fraction of sp³-hybridized carbons (Fsp3) is 1.00. The number of rotatable bonds is 1. The van der Waals surface area contributed by atoms with Crippen LogP contribution in [0.4, 0.5) is 0 Å². The van der Waals surface area contributed by atoms with E-state index in [0.29, 0.717) is 16.7 Å². The molecular weight excluding hydrogens is 170 g/mol. The van der Waals surface area contributed by atoms with Crippen LogP contribution < -0.4 is 5.73 Å². The van der Waals surface area contributed by atoms with Crippen LogP contribution in [0.1, 0.15) is 53.9 Å². The van der Waals surface area contributed by atoms with E-state index in [1.807, 2.05) is 0 Å². The summed E-state index contributed by atoms with van der Waals surface area (Å²) in [5.74, 6) is 1.47. The van der Waals surface area contributed by atoms with Crippen LogP contribution in [0, 0.1) is 22.7 Å². The van der Waals surface area contributed by atoms with Crippen molar-refractivity contribution in [3.8, 4) is 0 Å². The van der Waals surface area contributed by atoms with Gasteiger partial charge in [0.05, 0.1) is 0 Å². The molecular formula is C13H25N. The van der Waals surface area contributed by atoms with Gasteiger partial charge in [-0.3, -0.25) is 0 Å². The van der Waals surface area contributed by atoms with E-state index in [-0.39, 0.29) is 5.54 Å². The molecule has 2 N–H and O–H groups in total. The minimum atomic E-state index is 0.0828. The first kappa shape index (κ1) is 10.5. The molecule has 0 radical (unpaired) electrons. The number of hydrogen-bond acceptors (Lipinski definition) is 1. The topological polar surface area (TPSA) is 26.0 Å². The SMILES string of the molecule is CC(C)[C@]1(N)C[C@H]2CC[C@@]1(C)C2(C)C. The van der Waals surface area contributed by atoms with Crippen molar-refractivity contribution in [1.82, 2.24) is 0 Å². The summed E-state index contributed by atoms with van der Waals surface area (Å²) in [6.07, 6.45) is 3.97. The third kappa shape index (κ3) is 0.856. The van der Waals surface area contributed by atoms with Crippen LogP contribution >= 0.6 is 0 Å². The van der Waals surface area contributed by atoms with Gasteiger partial charge in [-0.15, -0.1) is 0 Å². The van der Waals surface area contributed by atoms with Crippen LogP contribution in [0.15, 0.2) is 0 Å². The van der Waals surface area contributed by atoms with E-state index in [4.69, 9.17) is 5.73 Å². The van der Waals surface area contributed by atoms with Crippen LogP contribution in [0.3, 0.4) is 0 Å². The van der Waals surface area contributed by atoms with Crippen LogP contribution in [-0.4, -0.2) is 5.54 Å². The van der Waals surface area contributed by atoms with Crippen LogP contribution in [0.25, 0.3) is 0 Å². The van der Waals surface area contributed by atoms with Gasteiger partial charge < -0.3 is 5.73 Å². The Kier molecular flexibility index (Phi) is 1.91. The maximum absolute atomic E-state index is 6.70. The Bertz CT molecular complexity index is 256. The first-order chi connectivity index (χ1) is 6.26. The van der Waals surface area contributed by atoms with Gasteiger partial charge in [-0.25, -0.2) is 0 Å². The lowest BCUT2D eigenvalue weighted by molar-refractivity contribution is 0.0487. The van der Waals surface area contributed by atoms with E-state index < -0.39 is 0 Å². The molecule has 2 aliphatic carbocycles.